The fourth-order valence-corrected chi connectivity index (χ4v) is 2.10. The van der Waals surface area contributed by atoms with Gasteiger partial charge in [0.25, 0.3) is 5.69 Å². The van der Waals surface area contributed by atoms with Crippen molar-refractivity contribution in [3.8, 4) is 0 Å². The van der Waals surface area contributed by atoms with Gasteiger partial charge in [0, 0.05) is 23.8 Å². The van der Waals surface area contributed by atoms with Crippen LogP contribution in [0.1, 0.15) is 18.1 Å². The van der Waals surface area contributed by atoms with Crippen LogP contribution in [-0.4, -0.2) is 16.5 Å². The van der Waals surface area contributed by atoms with Crippen molar-refractivity contribution in [1.82, 2.24) is 5.43 Å². The molecule has 0 spiro atoms. The van der Waals surface area contributed by atoms with Crippen molar-refractivity contribution in [2.45, 2.75) is 20.4 Å². The number of amides is 1. The van der Waals surface area contributed by atoms with Crippen molar-refractivity contribution in [2.75, 3.05) is 0 Å². The molecule has 0 saturated carbocycles. The van der Waals surface area contributed by atoms with Crippen LogP contribution in [0.15, 0.2) is 60.0 Å². The molecule has 0 atom stereocenters. The van der Waals surface area contributed by atoms with Crippen molar-refractivity contribution in [1.29, 1.82) is 0 Å². The van der Waals surface area contributed by atoms with Crippen LogP contribution in [0.25, 0.3) is 6.08 Å². The van der Waals surface area contributed by atoms with Gasteiger partial charge in [0.15, 0.2) is 12.4 Å². The lowest BCUT2D eigenvalue weighted by atomic mass is 10.2. The van der Waals surface area contributed by atoms with Crippen LogP contribution in [0.5, 0.6) is 0 Å². The molecule has 1 aromatic carbocycles. The van der Waals surface area contributed by atoms with E-state index in [2.05, 4.69) is 10.5 Å². The molecule has 1 N–H and O–H groups in total. The number of allylic oxidation sites excluding steroid dienone is 1. The van der Waals surface area contributed by atoms with Gasteiger partial charge < -0.3 is 0 Å². The number of pyridine rings is 1. The van der Waals surface area contributed by atoms with Crippen LogP contribution in [0.4, 0.5) is 5.69 Å². The van der Waals surface area contributed by atoms with Crippen LogP contribution in [0.3, 0.4) is 0 Å². The van der Waals surface area contributed by atoms with Gasteiger partial charge in [-0.1, -0.05) is 18.2 Å². The Morgan fingerprint density at radius 1 is 1.36 bits per heavy atom. The van der Waals surface area contributed by atoms with E-state index in [9.17, 15) is 14.9 Å². The van der Waals surface area contributed by atoms with Crippen LogP contribution >= 0.6 is 0 Å². The molecule has 0 fully saturated rings. The molecule has 7 nitrogen and oxygen atoms in total. The number of benzene rings is 1. The summed E-state index contributed by atoms with van der Waals surface area (Å²) in [7, 11) is 0. The van der Waals surface area contributed by atoms with E-state index < -0.39 is 4.92 Å². The largest absolute Gasteiger partial charge is 0.305 e. The average Bonchev–Trinajstić information content (AvgIpc) is 2.58. The van der Waals surface area contributed by atoms with E-state index in [0.717, 1.165) is 5.56 Å². The minimum atomic E-state index is -0.443. The van der Waals surface area contributed by atoms with E-state index in [1.54, 1.807) is 35.8 Å². The summed E-state index contributed by atoms with van der Waals surface area (Å²) in [6, 6.07) is 10.1. The van der Waals surface area contributed by atoms with E-state index in [0.29, 0.717) is 11.3 Å². The lowest BCUT2D eigenvalue weighted by molar-refractivity contribution is -0.684. The lowest BCUT2D eigenvalue weighted by Gasteiger charge is -1.99. The van der Waals surface area contributed by atoms with Crippen molar-refractivity contribution < 1.29 is 14.3 Å². The molecule has 0 radical (unpaired) electrons. The topological polar surface area (TPSA) is 88.5 Å². The Morgan fingerprint density at radius 3 is 2.88 bits per heavy atom. The third-order valence-corrected chi connectivity index (χ3v) is 3.29. The van der Waals surface area contributed by atoms with Gasteiger partial charge in [0.2, 0.25) is 6.54 Å². The van der Waals surface area contributed by atoms with Gasteiger partial charge in [-0.05, 0) is 31.6 Å². The molecule has 25 heavy (non-hydrogen) atoms. The first-order valence-electron chi connectivity index (χ1n) is 7.65. The van der Waals surface area contributed by atoms with E-state index in [-0.39, 0.29) is 18.1 Å². The van der Waals surface area contributed by atoms with E-state index in [1.165, 1.54) is 12.1 Å². The number of aryl methyl sites for hydroxylation is 1. The van der Waals surface area contributed by atoms with Crippen LogP contribution in [-0.2, 0) is 11.3 Å². The number of hydrogen-bond donors (Lipinski definition) is 1. The van der Waals surface area contributed by atoms with E-state index in [1.807, 2.05) is 31.5 Å². The van der Waals surface area contributed by atoms with Gasteiger partial charge in [-0.15, -0.1) is 0 Å². The van der Waals surface area contributed by atoms with Gasteiger partial charge in [-0.25, -0.2) is 5.43 Å². The number of hydrazone groups is 1. The predicted molar refractivity (Wildman–Crippen MR) is 94.8 cm³/mol. The highest BCUT2D eigenvalue weighted by molar-refractivity contribution is 5.96. The highest BCUT2D eigenvalue weighted by atomic mass is 16.6. The second-order valence-corrected chi connectivity index (χ2v) is 5.53. The Hall–Kier alpha value is -3.35. The summed E-state index contributed by atoms with van der Waals surface area (Å²) in [5.41, 5.74) is 4.84. The zero-order valence-corrected chi connectivity index (χ0v) is 14.0. The quantitative estimate of drug-likeness (QED) is 0.379. The number of nitro benzene ring substituents is 1. The summed E-state index contributed by atoms with van der Waals surface area (Å²) in [5, 5.41) is 14.7. The molecule has 2 aromatic rings. The van der Waals surface area contributed by atoms with Crippen molar-refractivity contribution in [3.05, 3.63) is 76.1 Å². The number of non-ortho nitro benzene ring substituents is 1. The van der Waals surface area contributed by atoms with Gasteiger partial charge in [0.05, 0.1) is 10.6 Å². The van der Waals surface area contributed by atoms with Gasteiger partial charge in [-0.2, -0.15) is 9.67 Å². The van der Waals surface area contributed by atoms with E-state index in [4.69, 9.17) is 0 Å². The van der Waals surface area contributed by atoms with Crippen molar-refractivity contribution in [3.63, 3.8) is 0 Å². The summed E-state index contributed by atoms with van der Waals surface area (Å²) in [6.45, 7) is 3.86. The number of hydrogen-bond acceptors (Lipinski definition) is 4. The fraction of sp³-hybridized carbons (Fsp3) is 0.167. The van der Waals surface area contributed by atoms with Gasteiger partial charge in [0.1, 0.15) is 0 Å². The molecule has 0 saturated heterocycles. The highest BCUT2D eigenvalue weighted by Gasteiger charge is 2.08. The van der Waals surface area contributed by atoms with E-state index >= 15 is 0 Å². The molecular formula is C18H19N4O3+. The second-order valence-electron chi connectivity index (χ2n) is 5.53. The second kappa shape index (κ2) is 8.49. The highest BCUT2D eigenvalue weighted by Crippen LogP contribution is 2.14. The third-order valence-electron chi connectivity index (χ3n) is 3.29. The fourth-order valence-electron chi connectivity index (χ4n) is 2.10. The average molecular weight is 339 g/mol. The number of nitro groups is 1. The normalized spacial score (nSPS) is 11.5. The van der Waals surface area contributed by atoms with Crippen LogP contribution in [0.2, 0.25) is 0 Å². The molecular weight excluding hydrogens is 320 g/mol. The first-order chi connectivity index (χ1) is 11.9. The molecule has 0 unspecified atom stereocenters. The standard InChI is InChI=1S/C18H18N4O3/c1-14-5-4-10-21(12-14)13-18(23)20-19-15(2)8-9-16-6-3-7-17(11-16)22(24)25/h3-12H,13H2,1-2H3/p+1. The summed E-state index contributed by atoms with van der Waals surface area (Å²) < 4.78 is 1.77. The monoisotopic (exact) mass is 339 g/mol. The van der Waals surface area contributed by atoms with Crippen molar-refractivity contribution >= 4 is 23.4 Å². The van der Waals surface area contributed by atoms with Gasteiger partial charge >= 0.3 is 5.91 Å². The number of nitrogens with one attached hydrogen (secondary N) is 1. The molecule has 7 heteroatoms. The number of nitrogens with zero attached hydrogens (tertiary/aromatic N) is 3. The first-order valence-corrected chi connectivity index (χ1v) is 7.65. The van der Waals surface area contributed by atoms with Gasteiger partial charge in [-0.3, -0.25) is 14.9 Å². The zero-order chi connectivity index (χ0) is 18.2. The number of aromatic nitrogens is 1. The van der Waals surface area contributed by atoms with Crippen LogP contribution in [0, 0.1) is 17.0 Å². The predicted octanol–water partition coefficient (Wildman–Crippen LogP) is 2.40. The Balaban J connectivity index is 1.93. The maximum Gasteiger partial charge on any atom is 0.305 e. The number of carbonyl (C=O) groups is 1. The Labute approximate surface area is 145 Å². The Kier molecular flexibility index (Phi) is 6.11. The summed E-state index contributed by atoms with van der Waals surface area (Å²) in [4.78, 5) is 22.2. The molecule has 1 aromatic heterocycles. The molecule has 1 heterocycles. The van der Waals surface area contributed by atoms with Crippen molar-refractivity contribution in [2.24, 2.45) is 5.10 Å². The summed E-state index contributed by atoms with van der Waals surface area (Å²) in [5.74, 6) is -0.237. The summed E-state index contributed by atoms with van der Waals surface area (Å²) in [6.07, 6.45) is 7.07. The Morgan fingerprint density at radius 2 is 2.16 bits per heavy atom. The molecule has 1 amide bonds. The maximum absolute atomic E-state index is 11.9. The molecule has 0 aliphatic carbocycles. The minimum absolute atomic E-state index is 0.0280. The molecule has 128 valence electrons. The smallest absolute Gasteiger partial charge is 0.266 e. The first kappa shape index (κ1) is 18.0. The maximum atomic E-state index is 11.9. The molecule has 2 rings (SSSR count). The minimum Gasteiger partial charge on any atom is -0.266 e. The number of rotatable bonds is 6. The lowest BCUT2D eigenvalue weighted by Crippen LogP contribution is -2.41. The zero-order valence-electron chi connectivity index (χ0n) is 14.0. The summed E-state index contributed by atoms with van der Waals surface area (Å²) >= 11 is 0. The molecule has 0 bridgehead atoms. The Bertz CT molecular complexity index is 844. The number of carbonyl (C=O) groups excluding carboxylic acids is 1. The molecule has 0 aliphatic rings. The third kappa shape index (κ3) is 5.98. The SMILES string of the molecule is CC(C=Cc1cccc([N+](=O)[O-])c1)=NNC(=O)C[n+]1cccc(C)c1. The van der Waals surface area contributed by atoms with Crippen LogP contribution < -0.4 is 9.99 Å². The molecule has 0 aliphatic heterocycles.